The van der Waals surface area contributed by atoms with Crippen molar-refractivity contribution in [3.8, 4) is 0 Å². The van der Waals surface area contributed by atoms with E-state index in [-0.39, 0.29) is 11.9 Å². The molecule has 1 aromatic carbocycles. The molecule has 100 valence electrons. The van der Waals surface area contributed by atoms with Crippen LogP contribution in [0, 0.1) is 0 Å². The normalized spacial score (nSPS) is 12.2. The van der Waals surface area contributed by atoms with Gasteiger partial charge >= 0.3 is 0 Å². The number of pyridine rings is 1. The van der Waals surface area contributed by atoms with Crippen LogP contribution in [-0.2, 0) is 0 Å². The number of amides is 1. The molecule has 0 bridgehead atoms. The van der Waals surface area contributed by atoms with Crippen LogP contribution in [0.1, 0.15) is 29.0 Å². The lowest BCUT2D eigenvalue weighted by molar-refractivity contribution is 0.0940. The Morgan fingerprint density at radius 2 is 2.15 bits per heavy atom. The lowest BCUT2D eigenvalue weighted by Crippen LogP contribution is -2.27. The molecular weight excluding hydrogens is 252 g/mol. The summed E-state index contributed by atoms with van der Waals surface area (Å²) in [6.45, 7) is 1.91. The first-order valence-corrected chi connectivity index (χ1v) is 6.38. The van der Waals surface area contributed by atoms with Crippen LogP contribution in [0.4, 0.5) is 0 Å². The molecule has 1 unspecified atom stereocenters. The fourth-order valence-electron chi connectivity index (χ4n) is 2.14. The second-order valence-corrected chi connectivity index (χ2v) is 4.58. The number of para-hydroxylation sites is 1. The maximum absolute atomic E-state index is 12.4. The molecule has 0 saturated heterocycles. The number of aromatic nitrogens is 3. The number of carbonyl (C=O) groups is 1. The summed E-state index contributed by atoms with van der Waals surface area (Å²) >= 11 is 0. The molecule has 5 nitrogen and oxygen atoms in total. The molecule has 3 aromatic rings. The maximum Gasteiger partial charge on any atom is 0.254 e. The fraction of sp³-hybridized carbons (Fsp3) is 0.133. The van der Waals surface area contributed by atoms with Gasteiger partial charge in [-0.2, -0.15) is 0 Å². The number of carbonyl (C=O) groups excluding carboxylic acids is 1. The van der Waals surface area contributed by atoms with Crippen LogP contribution in [0.25, 0.3) is 10.9 Å². The van der Waals surface area contributed by atoms with Gasteiger partial charge in [0, 0.05) is 11.6 Å². The monoisotopic (exact) mass is 266 g/mol. The van der Waals surface area contributed by atoms with E-state index < -0.39 is 0 Å². The summed E-state index contributed by atoms with van der Waals surface area (Å²) in [4.78, 5) is 23.6. The highest BCUT2D eigenvalue weighted by Crippen LogP contribution is 2.17. The van der Waals surface area contributed by atoms with Crippen LogP contribution in [0.5, 0.6) is 0 Å². The van der Waals surface area contributed by atoms with Gasteiger partial charge in [-0.05, 0) is 19.1 Å². The quantitative estimate of drug-likeness (QED) is 0.765. The van der Waals surface area contributed by atoms with Gasteiger partial charge < -0.3 is 10.3 Å². The molecule has 0 spiro atoms. The molecule has 3 rings (SSSR count). The van der Waals surface area contributed by atoms with Gasteiger partial charge in [-0.25, -0.2) is 4.98 Å². The Morgan fingerprint density at radius 3 is 2.95 bits per heavy atom. The van der Waals surface area contributed by atoms with Gasteiger partial charge in [0.25, 0.3) is 5.91 Å². The van der Waals surface area contributed by atoms with E-state index in [0.717, 1.165) is 11.1 Å². The zero-order valence-corrected chi connectivity index (χ0v) is 11.0. The Morgan fingerprint density at radius 1 is 1.30 bits per heavy atom. The average Bonchev–Trinajstić information content (AvgIpc) is 3.01. The summed E-state index contributed by atoms with van der Waals surface area (Å²) < 4.78 is 0. The SMILES string of the molecule is CC(NC(=O)c1cccc2cccnc12)c1cnc[nH]1. The predicted octanol–water partition coefficient (Wildman–Crippen LogP) is 2.45. The third kappa shape index (κ3) is 2.25. The van der Waals surface area contributed by atoms with Crippen LogP contribution in [0.3, 0.4) is 0 Å². The third-order valence-corrected chi connectivity index (χ3v) is 3.21. The average molecular weight is 266 g/mol. The highest BCUT2D eigenvalue weighted by Gasteiger charge is 2.14. The number of benzene rings is 1. The standard InChI is InChI=1S/C15H14N4O/c1-10(13-8-16-9-18-13)19-15(20)12-6-2-4-11-5-3-7-17-14(11)12/h2-10H,1H3,(H,16,18)(H,19,20). The van der Waals surface area contributed by atoms with Crippen molar-refractivity contribution < 1.29 is 4.79 Å². The van der Waals surface area contributed by atoms with E-state index >= 15 is 0 Å². The fourth-order valence-corrected chi connectivity index (χ4v) is 2.14. The van der Waals surface area contributed by atoms with Crippen LogP contribution in [-0.4, -0.2) is 20.9 Å². The van der Waals surface area contributed by atoms with Gasteiger partial charge in [-0.3, -0.25) is 9.78 Å². The summed E-state index contributed by atoms with van der Waals surface area (Å²) in [5.41, 5.74) is 2.16. The number of aromatic amines is 1. The van der Waals surface area contributed by atoms with Crippen LogP contribution < -0.4 is 5.32 Å². The van der Waals surface area contributed by atoms with Crippen molar-refractivity contribution in [1.82, 2.24) is 20.3 Å². The van der Waals surface area contributed by atoms with Crippen LogP contribution in [0.15, 0.2) is 49.1 Å². The van der Waals surface area contributed by atoms with Gasteiger partial charge in [-0.15, -0.1) is 0 Å². The molecule has 0 aliphatic heterocycles. The van der Waals surface area contributed by atoms with Crippen molar-refractivity contribution in [3.05, 3.63) is 60.3 Å². The van der Waals surface area contributed by atoms with Crippen molar-refractivity contribution in [2.75, 3.05) is 0 Å². The molecule has 2 N–H and O–H groups in total. The minimum Gasteiger partial charge on any atom is -0.347 e. The number of nitrogens with zero attached hydrogens (tertiary/aromatic N) is 2. The lowest BCUT2D eigenvalue weighted by Gasteiger charge is -2.13. The van der Waals surface area contributed by atoms with E-state index in [1.165, 1.54) is 0 Å². The molecule has 2 aromatic heterocycles. The Balaban J connectivity index is 1.89. The van der Waals surface area contributed by atoms with Gasteiger partial charge in [0.1, 0.15) is 0 Å². The maximum atomic E-state index is 12.4. The summed E-state index contributed by atoms with van der Waals surface area (Å²) in [6, 6.07) is 9.25. The zero-order valence-electron chi connectivity index (χ0n) is 11.0. The topological polar surface area (TPSA) is 70.7 Å². The second-order valence-electron chi connectivity index (χ2n) is 4.58. The Bertz CT molecular complexity index is 731. The molecule has 20 heavy (non-hydrogen) atoms. The highest BCUT2D eigenvalue weighted by atomic mass is 16.1. The number of rotatable bonds is 3. The van der Waals surface area contributed by atoms with E-state index in [1.807, 2.05) is 31.2 Å². The summed E-state index contributed by atoms with van der Waals surface area (Å²) in [5, 5.41) is 3.89. The number of H-pyrrole nitrogens is 1. The molecule has 5 heteroatoms. The van der Waals surface area contributed by atoms with E-state index in [0.29, 0.717) is 11.1 Å². The van der Waals surface area contributed by atoms with E-state index in [9.17, 15) is 4.79 Å². The first-order valence-electron chi connectivity index (χ1n) is 6.38. The zero-order chi connectivity index (χ0) is 13.9. The minimum atomic E-state index is -0.142. The molecule has 2 heterocycles. The largest absolute Gasteiger partial charge is 0.347 e. The summed E-state index contributed by atoms with van der Waals surface area (Å²) in [7, 11) is 0. The van der Waals surface area contributed by atoms with E-state index in [2.05, 4.69) is 20.3 Å². The molecule has 0 aliphatic carbocycles. The predicted molar refractivity (Wildman–Crippen MR) is 76.2 cm³/mol. The Hall–Kier alpha value is -2.69. The molecule has 0 saturated carbocycles. The smallest absolute Gasteiger partial charge is 0.254 e. The number of nitrogens with one attached hydrogen (secondary N) is 2. The van der Waals surface area contributed by atoms with Gasteiger partial charge in [0.15, 0.2) is 0 Å². The number of hydrogen-bond acceptors (Lipinski definition) is 3. The molecular formula is C15H14N4O. The molecule has 0 fully saturated rings. The van der Waals surface area contributed by atoms with Crippen molar-refractivity contribution in [2.45, 2.75) is 13.0 Å². The highest BCUT2D eigenvalue weighted by molar-refractivity contribution is 6.05. The molecule has 1 amide bonds. The van der Waals surface area contributed by atoms with Crippen LogP contribution >= 0.6 is 0 Å². The summed E-state index contributed by atoms with van der Waals surface area (Å²) in [5.74, 6) is -0.142. The van der Waals surface area contributed by atoms with Crippen molar-refractivity contribution in [3.63, 3.8) is 0 Å². The number of fused-ring (bicyclic) bond motifs is 1. The Kier molecular flexibility index (Phi) is 3.16. The molecule has 1 atom stereocenters. The van der Waals surface area contributed by atoms with E-state index in [4.69, 9.17) is 0 Å². The van der Waals surface area contributed by atoms with Gasteiger partial charge in [0.2, 0.25) is 0 Å². The molecule has 0 radical (unpaired) electrons. The molecule has 0 aliphatic rings. The number of hydrogen-bond donors (Lipinski definition) is 2. The third-order valence-electron chi connectivity index (χ3n) is 3.21. The van der Waals surface area contributed by atoms with Crippen molar-refractivity contribution in [2.24, 2.45) is 0 Å². The van der Waals surface area contributed by atoms with Crippen molar-refractivity contribution >= 4 is 16.8 Å². The van der Waals surface area contributed by atoms with E-state index in [1.54, 1.807) is 24.8 Å². The van der Waals surface area contributed by atoms with Crippen LogP contribution in [0.2, 0.25) is 0 Å². The van der Waals surface area contributed by atoms with Gasteiger partial charge in [-0.1, -0.05) is 18.2 Å². The van der Waals surface area contributed by atoms with Gasteiger partial charge in [0.05, 0.1) is 35.3 Å². The number of imidazole rings is 1. The summed E-state index contributed by atoms with van der Waals surface area (Å²) in [6.07, 6.45) is 4.99. The minimum absolute atomic E-state index is 0.135. The first-order chi connectivity index (χ1) is 9.75. The Labute approximate surface area is 116 Å². The first kappa shape index (κ1) is 12.3. The second kappa shape index (κ2) is 5.13. The lowest BCUT2D eigenvalue weighted by atomic mass is 10.1. The van der Waals surface area contributed by atoms with Crippen molar-refractivity contribution in [1.29, 1.82) is 0 Å².